The number of carbonyl (C=O) groups is 1. The molecule has 3 rings (SSSR count). The molecule has 3 fully saturated rings. The lowest BCUT2D eigenvalue weighted by molar-refractivity contribution is -0.379. The standard InChI is InChI=1S/C57H99NO18/c1-3-5-7-9-11-13-15-17-19-20-21-22-24-26-28-30-32-34-41(62)40(58-45(63)35-33-31-29-27-25-23-18-16-14-12-10-8-6-4-2)39-71-55-51(69)48(66)53(43(37-60)73-55)76-57-52(70)49(67)54(44(38-61)74-57)75-56-50(68)47(65)46(64)42(36-59)72-56/h10,12,16,18-20,24,26,32,34,40-44,46-57,59-62,64-70H,3-9,11,13-15,17,21-23,25,27-31,33,35-39H2,1-2H3,(H,58,63)/b12-10-,18-16-,20-19+,26-24+,34-32+. The predicted molar refractivity (Wildman–Crippen MR) is 286 cm³/mol. The van der Waals surface area contributed by atoms with Crippen molar-refractivity contribution in [3.63, 3.8) is 0 Å². The molecule has 12 N–H and O–H groups in total. The molecule has 0 aliphatic carbocycles. The van der Waals surface area contributed by atoms with Crippen LogP contribution in [0.15, 0.2) is 60.8 Å². The average Bonchev–Trinajstić information content (AvgIpc) is 3.42. The van der Waals surface area contributed by atoms with E-state index in [2.05, 4.69) is 67.8 Å². The van der Waals surface area contributed by atoms with Gasteiger partial charge in [0.2, 0.25) is 5.91 Å². The second-order valence-corrected chi connectivity index (χ2v) is 20.4. The summed E-state index contributed by atoms with van der Waals surface area (Å²) in [5, 5.41) is 120. The maximum absolute atomic E-state index is 13.3. The third kappa shape index (κ3) is 24.9. The first-order chi connectivity index (χ1) is 36.8. The summed E-state index contributed by atoms with van der Waals surface area (Å²) in [6.07, 6.45) is 17.8. The molecule has 17 atom stereocenters. The van der Waals surface area contributed by atoms with Crippen molar-refractivity contribution in [3.8, 4) is 0 Å². The van der Waals surface area contributed by atoms with Crippen LogP contribution >= 0.6 is 0 Å². The highest BCUT2D eigenvalue weighted by Gasteiger charge is 2.53. The Balaban J connectivity index is 1.55. The van der Waals surface area contributed by atoms with Gasteiger partial charge in [-0.1, -0.05) is 145 Å². The van der Waals surface area contributed by atoms with E-state index in [9.17, 15) is 61.0 Å². The molecule has 76 heavy (non-hydrogen) atoms. The largest absolute Gasteiger partial charge is 0.394 e. The van der Waals surface area contributed by atoms with Crippen molar-refractivity contribution in [2.24, 2.45) is 0 Å². The maximum Gasteiger partial charge on any atom is 0.220 e. The van der Waals surface area contributed by atoms with Gasteiger partial charge in [0.25, 0.3) is 0 Å². The number of hydrogen-bond acceptors (Lipinski definition) is 18. The number of rotatable bonds is 40. The van der Waals surface area contributed by atoms with E-state index in [4.69, 9.17) is 28.4 Å². The number of hydrogen-bond donors (Lipinski definition) is 12. The molecule has 0 aromatic heterocycles. The fraction of sp³-hybridized carbons (Fsp3) is 0.807. The first-order valence-electron chi connectivity index (χ1n) is 28.5. The summed E-state index contributed by atoms with van der Waals surface area (Å²) in [6.45, 7) is 1.60. The molecule has 0 bridgehead atoms. The Bertz CT molecular complexity index is 1630. The number of carbonyl (C=O) groups excluding carboxylic acids is 1. The van der Waals surface area contributed by atoms with Crippen molar-refractivity contribution < 1.29 is 89.4 Å². The van der Waals surface area contributed by atoms with E-state index < -0.39 is 124 Å². The van der Waals surface area contributed by atoms with Gasteiger partial charge in [0.05, 0.1) is 38.6 Å². The molecule has 1 amide bonds. The molecule has 0 aromatic rings. The smallest absolute Gasteiger partial charge is 0.220 e. The highest BCUT2D eigenvalue weighted by Crippen LogP contribution is 2.33. The van der Waals surface area contributed by atoms with Gasteiger partial charge in [-0.3, -0.25) is 4.79 Å². The molecular weight excluding hydrogens is 987 g/mol. The van der Waals surface area contributed by atoms with Gasteiger partial charge in [-0.15, -0.1) is 0 Å². The van der Waals surface area contributed by atoms with Crippen LogP contribution in [0.2, 0.25) is 0 Å². The van der Waals surface area contributed by atoms with Crippen LogP contribution in [0.1, 0.15) is 162 Å². The Hall–Kier alpha value is -2.51. The lowest BCUT2D eigenvalue weighted by Gasteiger charge is -2.48. The first kappa shape index (κ1) is 67.8. The number of allylic oxidation sites excluding steroid dienone is 9. The molecule has 3 aliphatic heterocycles. The highest BCUT2D eigenvalue weighted by molar-refractivity contribution is 5.76. The van der Waals surface area contributed by atoms with Crippen LogP contribution in [0, 0.1) is 0 Å². The lowest BCUT2D eigenvalue weighted by Crippen LogP contribution is -2.66. The van der Waals surface area contributed by atoms with Crippen LogP contribution < -0.4 is 5.32 Å². The van der Waals surface area contributed by atoms with Gasteiger partial charge in [0, 0.05) is 6.42 Å². The normalized spacial score (nSPS) is 31.4. The summed E-state index contributed by atoms with van der Waals surface area (Å²) in [6, 6.07) is -1.00. The number of amides is 1. The Morgan fingerprint density at radius 1 is 0.474 bits per heavy atom. The molecule has 3 saturated heterocycles. The molecule has 3 heterocycles. The second kappa shape index (κ2) is 40.6. The summed E-state index contributed by atoms with van der Waals surface area (Å²) in [5.41, 5.74) is 0. The van der Waals surface area contributed by atoms with Crippen LogP contribution in [0.3, 0.4) is 0 Å². The minimum absolute atomic E-state index is 0.213. The van der Waals surface area contributed by atoms with Crippen molar-refractivity contribution in [1.29, 1.82) is 0 Å². The molecular formula is C57H99NO18. The summed E-state index contributed by atoms with van der Waals surface area (Å²) in [5.74, 6) is -0.308. The molecule has 17 unspecified atom stereocenters. The number of unbranched alkanes of at least 4 members (excludes halogenated alkanes) is 16. The van der Waals surface area contributed by atoms with Crippen molar-refractivity contribution in [2.75, 3.05) is 26.4 Å². The monoisotopic (exact) mass is 1090 g/mol. The molecule has 0 spiro atoms. The van der Waals surface area contributed by atoms with Crippen LogP contribution in [0.5, 0.6) is 0 Å². The van der Waals surface area contributed by atoms with Crippen molar-refractivity contribution in [3.05, 3.63) is 60.8 Å². The van der Waals surface area contributed by atoms with Crippen LogP contribution in [-0.2, 0) is 33.2 Å². The quantitative estimate of drug-likeness (QED) is 0.0304. The van der Waals surface area contributed by atoms with E-state index in [1.165, 1.54) is 57.8 Å². The van der Waals surface area contributed by atoms with Crippen LogP contribution in [-0.4, -0.2) is 193 Å². The zero-order valence-electron chi connectivity index (χ0n) is 45.5. The van der Waals surface area contributed by atoms with Crippen LogP contribution in [0.4, 0.5) is 0 Å². The minimum atomic E-state index is -1.98. The van der Waals surface area contributed by atoms with Gasteiger partial charge in [0.1, 0.15) is 73.2 Å². The van der Waals surface area contributed by atoms with Gasteiger partial charge in [0.15, 0.2) is 18.9 Å². The summed E-state index contributed by atoms with van der Waals surface area (Å²) < 4.78 is 34.1. The summed E-state index contributed by atoms with van der Waals surface area (Å²) in [7, 11) is 0. The number of aliphatic hydroxyl groups is 11. The zero-order valence-corrected chi connectivity index (χ0v) is 45.5. The summed E-state index contributed by atoms with van der Waals surface area (Å²) >= 11 is 0. The topological polar surface area (TPSA) is 307 Å². The molecule has 19 heteroatoms. The minimum Gasteiger partial charge on any atom is -0.394 e. The molecule has 0 radical (unpaired) electrons. The van der Waals surface area contributed by atoms with E-state index in [1.54, 1.807) is 6.08 Å². The van der Waals surface area contributed by atoms with Gasteiger partial charge < -0.3 is 89.9 Å². The fourth-order valence-corrected chi connectivity index (χ4v) is 9.24. The van der Waals surface area contributed by atoms with E-state index in [-0.39, 0.29) is 18.9 Å². The number of aliphatic hydroxyl groups excluding tert-OH is 11. The Labute approximate surface area is 452 Å². The number of ether oxygens (including phenoxy) is 6. The third-order valence-electron chi connectivity index (χ3n) is 14.0. The molecule has 0 saturated carbocycles. The van der Waals surface area contributed by atoms with Crippen molar-refractivity contribution in [2.45, 2.75) is 266 Å². The Morgan fingerprint density at radius 2 is 0.895 bits per heavy atom. The molecule has 3 aliphatic rings. The Kier molecular flexibility index (Phi) is 36.2. The highest BCUT2D eigenvalue weighted by atomic mass is 16.8. The average molecular weight is 1090 g/mol. The second-order valence-electron chi connectivity index (χ2n) is 20.4. The predicted octanol–water partition coefficient (Wildman–Crippen LogP) is 4.09. The zero-order chi connectivity index (χ0) is 55.5. The molecule has 19 nitrogen and oxygen atoms in total. The molecule has 440 valence electrons. The lowest BCUT2D eigenvalue weighted by atomic mass is 9.96. The van der Waals surface area contributed by atoms with Crippen LogP contribution in [0.25, 0.3) is 0 Å². The van der Waals surface area contributed by atoms with Gasteiger partial charge >= 0.3 is 0 Å². The van der Waals surface area contributed by atoms with Gasteiger partial charge in [-0.2, -0.15) is 0 Å². The fourth-order valence-electron chi connectivity index (χ4n) is 9.24. The van der Waals surface area contributed by atoms with Gasteiger partial charge in [-0.25, -0.2) is 0 Å². The van der Waals surface area contributed by atoms with Crippen molar-refractivity contribution in [1.82, 2.24) is 5.32 Å². The SMILES string of the molecule is CCCC/C=C\C/C=C\CCCCCCCC(=O)NC(COC1OC(CO)C(OC2OC(CO)C(OC3OC(CO)C(O)C(O)C3O)C(O)C2O)C(O)C1O)C(O)/C=C/CC/C=C/CC/C=C/CCCCCCCCC. The third-order valence-corrected chi connectivity index (χ3v) is 14.0. The number of nitrogens with one attached hydrogen (secondary N) is 1. The molecule has 0 aromatic carbocycles. The van der Waals surface area contributed by atoms with E-state index >= 15 is 0 Å². The Morgan fingerprint density at radius 3 is 1.43 bits per heavy atom. The maximum atomic E-state index is 13.3. The van der Waals surface area contributed by atoms with E-state index in [1.807, 2.05) is 6.08 Å². The summed E-state index contributed by atoms with van der Waals surface area (Å²) in [4.78, 5) is 13.3. The first-order valence-corrected chi connectivity index (χ1v) is 28.5. The van der Waals surface area contributed by atoms with E-state index in [0.717, 1.165) is 70.6 Å². The van der Waals surface area contributed by atoms with Crippen molar-refractivity contribution >= 4 is 5.91 Å². The van der Waals surface area contributed by atoms with Gasteiger partial charge in [-0.05, 0) is 70.6 Å². The van der Waals surface area contributed by atoms with E-state index in [0.29, 0.717) is 12.8 Å².